The Morgan fingerprint density at radius 3 is 2.23 bits per heavy atom. The summed E-state index contributed by atoms with van der Waals surface area (Å²) in [6.45, 7) is 0. The van der Waals surface area contributed by atoms with Crippen molar-refractivity contribution in [3.8, 4) is 0 Å². The molecule has 0 aromatic heterocycles. The first kappa shape index (κ1) is 12.0. The van der Waals surface area contributed by atoms with Crippen LogP contribution in [0.1, 0.15) is 0 Å². The van der Waals surface area contributed by atoms with Crippen LogP contribution in [0.4, 0.5) is 0 Å². The average molecular weight is 442 g/mol. The summed E-state index contributed by atoms with van der Waals surface area (Å²) in [5.74, 6) is 0. The van der Waals surface area contributed by atoms with Gasteiger partial charge in [0.15, 0.2) is 9.84 Å². The van der Waals surface area contributed by atoms with Crippen LogP contribution >= 0.6 is 56.8 Å². The molecular formula is C7H5ClI2O2S. The smallest absolute Gasteiger partial charge is 0.176 e. The van der Waals surface area contributed by atoms with Crippen LogP contribution in [-0.2, 0) is 9.84 Å². The first-order chi connectivity index (χ1) is 5.84. The largest absolute Gasteiger partial charge is 0.224 e. The van der Waals surface area contributed by atoms with Gasteiger partial charge < -0.3 is 0 Å². The zero-order valence-electron chi connectivity index (χ0n) is 6.51. The Balaban J connectivity index is 3.53. The average Bonchev–Trinajstić information content (AvgIpc) is 1.98. The van der Waals surface area contributed by atoms with Gasteiger partial charge in [-0.25, -0.2) is 8.42 Å². The van der Waals surface area contributed by atoms with Gasteiger partial charge in [0.05, 0.1) is 9.92 Å². The quantitative estimate of drug-likeness (QED) is 0.495. The molecule has 0 aliphatic carbocycles. The Morgan fingerprint density at radius 2 is 1.77 bits per heavy atom. The third-order valence-corrected chi connectivity index (χ3v) is 6.81. The van der Waals surface area contributed by atoms with Crippen LogP contribution in [-0.4, -0.2) is 14.7 Å². The van der Waals surface area contributed by atoms with Gasteiger partial charge in [0, 0.05) is 13.4 Å². The molecule has 0 atom stereocenters. The number of halogens is 3. The summed E-state index contributed by atoms with van der Waals surface area (Å²) in [7, 11) is -3.14. The van der Waals surface area contributed by atoms with Gasteiger partial charge in [-0.1, -0.05) is 11.6 Å². The second-order valence-corrected chi connectivity index (χ2v) is 6.99. The lowest BCUT2D eigenvalue weighted by Crippen LogP contribution is -2.01. The van der Waals surface area contributed by atoms with Gasteiger partial charge in [0.25, 0.3) is 0 Å². The van der Waals surface area contributed by atoms with Crippen molar-refractivity contribution in [2.24, 2.45) is 0 Å². The number of benzene rings is 1. The zero-order valence-corrected chi connectivity index (χ0v) is 12.4. The van der Waals surface area contributed by atoms with Gasteiger partial charge in [0.1, 0.15) is 0 Å². The molecule has 13 heavy (non-hydrogen) atoms. The number of sulfone groups is 1. The van der Waals surface area contributed by atoms with E-state index in [0.717, 1.165) is 3.57 Å². The Kier molecular flexibility index (Phi) is 3.87. The van der Waals surface area contributed by atoms with Crippen LogP contribution in [0.15, 0.2) is 17.0 Å². The van der Waals surface area contributed by atoms with Crippen LogP contribution in [0.5, 0.6) is 0 Å². The van der Waals surface area contributed by atoms with E-state index in [-0.39, 0.29) is 0 Å². The normalized spacial score (nSPS) is 11.7. The molecule has 0 saturated carbocycles. The van der Waals surface area contributed by atoms with Crippen LogP contribution in [0.25, 0.3) is 0 Å². The minimum atomic E-state index is -3.14. The van der Waals surface area contributed by atoms with Gasteiger partial charge in [-0.3, -0.25) is 0 Å². The lowest BCUT2D eigenvalue weighted by atomic mass is 10.4. The zero-order chi connectivity index (χ0) is 10.2. The fraction of sp³-hybridized carbons (Fsp3) is 0.143. The van der Waals surface area contributed by atoms with Crippen LogP contribution in [0, 0.1) is 7.14 Å². The molecular weight excluding hydrogens is 437 g/mol. The van der Waals surface area contributed by atoms with Crippen molar-refractivity contribution in [2.45, 2.75) is 4.90 Å². The predicted octanol–water partition coefficient (Wildman–Crippen LogP) is 2.95. The van der Waals surface area contributed by atoms with E-state index in [1.165, 1.54) is 12.3 Å². The summed E-state index contributed by atoms with van der Waals surface area (Å²) >= 11 is 9.84. The van der Waals surface area contributed by atoms with Gasteiger partial charge in [0.2, 0.25) is 0 Å². The molecule has 0 saturated heterocycles. The number of hydrogen-bond donors (Lipinski definition) is 0. The SMILES string of the molecule is CS(=O)(=O)c1ccc(Cl)c(I)c1I. The third kappa shape index (κ3) is 2.69. The van der Waals surface area contributed by atoms with E-state index in [1.807, 2.05) is 45.2 Å². The molecule has 0 N–H and O–H groups in total. The maximum Gasteiger partial charge on any atom is 0.176 e. The Labute approximate surface area is 109 Å². The van der Waals surface area contributed by atoms with Crippen molar-refractivity contribution in [1.82, 2.24) is 0 Å². The fourth-order valence-electron chi connectivity index (χ4n) is 0.795. The van der Waals surface area contributed by atoms with Gasteiger partial charge in [-0.2, -0.15) is 0 Å². The lowest BCUT2D eigenvalue weighted by molar-refractivity contribution is 0.601. The highest BCUT2D eigenvalue weighted by molar-refractivity contribution is 14.1. The molecule has 0 fully saturated rings. The summed E-state index contributed by atoms with van der Waals surface area (Å²) in [4.78, 5) is 0.335. The molecule has 0 bridgehead atoms. The van der Waals surface area contributed by atoms with Crippen molar-refractivity contribution in [2.75, 3.05) is 6.26 Å². The summed E-state index contributed by atoms with van der Waals surface area (Å²) in [6, 6.07) is 3.13. The Bertz CT molecular complexity index is 442. The van der Waals surface area contributed by atoms with Crippen molar-refractivity contribution in [3.05, 3.63) is 24.3 Å². The molecule has 0 radical (unpaired) electrons. The Hall–Kier alpha value is 0.920. The summed E-state index contributed by atoms with van der Waals surface area (Å²) < 4.78 is 24.0. The van der Waals surface area contributed by atoms with E-state index in [0.29, 0.717) is 13.5 Å². The van der Waals surface area contributed by atoms with E-state index in [4.69, 9.17) is 11.6 Å². The minimum absolute atomic E-state index is 0.335. The van der Waals surface area contributed by atoms with Gasteiger partial charge in [-0.05, 0) is 57.3 Å². The predicted molar refractivity (Wildman–Crippen MR) is 70.0 cm³/mol. The van der Waals surface area contributed by atoms with Crippen LogP contribution in [0.2, 0.25) is 5.02 Å². The van der Waals surface area contributed by atoms with Crippen molar-refractivity contribution in [1.29, 1.82) is 0 Å². The highest BCUT2D eigenvalue weighted by Gasteiger charge is 2.15. The summed E-state index contributed by atoms with van der Waals surface area (Å²) in [5, 5.41) is 0.581. The summed E-state index contributed by atoms with van der Waals surface area (Å²) in [5.41, 5.74) is 0. The molecule has 2 nitrogen and oxygen atoms in total. The van der Waals surface area contributed by atoms with E-state index < -0.39 is 9.84 Å². The molecule has 0 aliphatic rings. The molecule has 0 heterocycles. The van der Waals surface area contributed by atoms with E-state index >= 15 is 0 Å². The highest BCUT2D eigenvalue weighted by Crippen LogP contribution is 2.28. The van der Waals surface area contributed by atoms with E-state index in [2.05, 4.69) is 0 Å². The number of rotatable bonds is 1. The Morgan fingerprint density at radius 1 is 1.23 bits per heavy atom. The minimum Gasteiger partial charge on any atom is -0.224 e. The molecule has 0 unspecified atom stereocenters. The maximum absolute atomic E-state index is 11.3. The van der Waals surface area contributed by atoms with E-state index in [1.54, 1.807) is 6.07 Å². The number of hydrogen-bond acceptors (Lipinski definition) is 2. The van der Waals surface area contributed by atoms with Crippen molar-refractivity contribution >= 4 is 66.6 Å². The molecule has 6 heteroatoms. The fourth-order valence-corrected chi connectivity index (χ4v) is 4.18. The highest BCUT2D eigenvalue weighted by atomic mass is 127. The summed E-state index contributed by atoms with van der Waals surface area (Å²) in [6.07, 6.45) is 1.19. The van der Waals surface area contributed by atoms with Gasteiger partial charge in [-0.15, -0.1) is 0 Å². The molecule has 1 aromatic rings. The maximum atomic E-state index is 11.3. The van der Waals surface area contributed by atoms with Gasteiger partial charge >= 0.3 is 0 Å². The second-order valence-electron chi connectivity index (χ2n) is 2.45. The molecule has 0 spiro atoms. The lowest BCUT2D eigenvalue weighted by Gasteiger charge is -2.05. The van der Waals surface area contributed by atoms with Crippen LogP contribution in [0.3, 0.4) is 0 Å². The molecule has 1 aromatic carbocycles. The molecule has 1 rings (SSSR count). The first-order valence-corrected chi connectivity index (χ1v) is 7.60. The standard InChI is InChI=1S/C7H5ClI2O2S/c1-13(11,12)5-3-2-4(8)6(9)7(5)10/h2-3H,1H3. The second kappa shape index (κ2) is 4.19. The van der Waals surface area contributed by atoms with E-state index in [9.17, 15) is 8.42 Å². The molecule has 0 amide bonds. The molecule has 0 aliphatic heterocycles. The van der Waals surface area contributed by atoms with Crippen molar-refractivity contribution in [3.63, 3.8) is 0 Å². The van der Waals surface area contributed by atoms with Crippen LogP contribution < -0.4 is 0 Å². The monoisotopic (exact) mass is 442 g/mol. The van der Waals surface area contributed by atoms with Crippen molar-refractivity contribution < 1.29 is 8.42 Å². The first-order valence-electron chi connectivity index (χ1n) is 3.17. The third-order valence-electron chi connectivity index (χ3n) is 1.40. The topological polar surface area (TPSA) is 34.1 Å². The molecule has 72 valence electrons.